The van der Waals surface area contributed by atoms with Gasteiger partial charge in [-0.05, 0) is 29.5 Å². The molecule has 0 aliphatic heterocycles. The summed E-state index contributed by atoms with van der Waals surface area (Å²) >= 11 is 0. The number of carbonyl (C=O) groups excluding carboxylic acids is 8. The van der Waals surface area contributed by atoms with Crippen molar-refractivity contribution in [2.45, 2.75) is 63.8 Å². The number of carboxylic acids is 1. The second-order valence-electron chi connectivity index (χ2n) is 13.9. The summed E-state index contributed by atoms with van der Waals surface area (Å²) in [6, 6.07) is 19.5. The highest BCUT2D eigenvalue weighted by atomic mass is 16.4. The van der Waals surface area contributed by atoms with E-state index in [1.54, 1.807) is 105 Å². The van der Waals surface area contributed by atoms with Gasteiger partial charge < -0.3 is 48.1 Å². The Balaban J connectivity index is 1.62. The van der Waals surface area contributed by atoms with Crippen molar-refractivity contribution in [3.05, 3.63) is 120 Å². The van der Waals surface area contributed by atoms with Crippen molar-refractivity contribution in [2.24, 2.45) is 11.7 Å². The summed E-state index contributed by atoms with van der Waals surface area (Å²) in [5.74, 6) is -7.83. The van der Waals surface area contributed by atoms with Gasteiger partial charge in [0.2, 0.25) is 47.3 Å². The third-order valence-electron chi connectivity index (χ3n) is 8.79. The number of carbonyl (C=O) groups is 9. The van der Waals surface area contributed by atoms with E-state index in [1.807, 2.05) is 0 Å². The summed E-state index contributed by atoms with van der Waals surface area (Å²) in [6.07, 6.45) is 1.65. The molecule has 5 atom stereocenters. The number of nitrogens with one attached hydrogen (secondary N) is 7. The molecule has 0 aromatic heterocycles. The molecular weight excluding hydrogens is 777 g/mol. The molecular formula is C42H50N8O10. The number of benzene rings is 3. The normalized spacial score (nSPS) is 13.3. The van der Waals surface area contributed by atoms with Crippen LogP contribution in [0.2, 0.25) is 0 Å². The standard InChI is InChI=1S/C42H50N8O10/c1-25(2)36(38(43)55)49-39(56)26(3)46-41(58)37(29-17-11-6-12-18-29)50-40(57)30(21-27-13-7-4-8-14-27)47-33(52)20-19-32(51)44-23-34(53)45-24-35(54)48-31(42(59)60)22-28-15-9-5-10-16-28/h4-20,25-26,30-31,36-37H,21-24H2,1-3H3,(H2,43,55)(H,44,51)(H,45,53)(H,46,58)(H,47,52)(H,48,54)(H,49,56)(H,50,57)(H,59,60)/b20-19+/t26-,30-,31-,36-,37-/m0/s1. The molecule has 18 heteroatoms. The number of hydrogen-bond donors (Lipinski definition) is 9. The van der Waals surface area contributed by atoms with Crippen LogP contribution in [-0.2, 0) is 56.0 Å². The maximum atomic E-state index is 13.8. The van der Waals surface area contributed by atoms with Gasteiger partial charge in [0.15, 0.2) is 0 Å². The molecule has 0 spiro atoms. The van der Waals surface area contributed by atoms with E-state index in [4.69, 9.17) is 5.73 Å². The largest absolute Gasteiger partial charge is 0.480 e. The van der Waals surface area contributed by atoms with Gasteiger partial charge in [-0.2, -0.15) is 0 Å². The average Bonchev–Trinajstić information content (AvgIpc) is 3.22. The number of carboxylic acid groups (broad SMARTS) is 1. The first-order valence-electron chi connectivity index (χ1n) is 18.9. The second kappa shape index (κ2) is 23.8. The molecule has 3 aromatic carbocycles. The van der Waals surface area contributed by atoms with E-state index in [2.05, 4.69) is 37.2 Å². The smallest absolute Gasteiger partial charge is 0.326 e. The van der Waals surface area contributed by atoms with Crippen molar-refractivity contribution in [2.75, 3.05) is 13.1 Å². The van der Waals surface area contributed by atoms with Crippen LogP contribution in [0.1, 0.15) is 43.5 Å². The minimum Gasteiger partial charge on any atom is -0.480 e. The molecule has 8 amide bonds. The number of aliphatic carboxylic acids is 1. The SMILES string of the molecule is CC(C)[C@H](NC(=O)[C@H](C)NC(=O)[C@@H](NC(=O)[C@H](Cc1ccccc1)NC(=O)/C=C/C(=O)NCC(=O)NCC(=O)N[C@@H](Cc1ccccc1)C(=O)O)c1ccccc1)C(N)=O. The van der Waals surface area contributed by atoms with Crippen LogP contribution in [0.4, 0.5) is 0 Å². The van der Waals surface area contributed by atoms with E-state index in [0.29, 0.717) is 16.7 Å². The monoisotopic (exact) mass is 826 g/mol. The lowest BCUT2D eigenvalue weighted by molar-refractivity contribution is -0.141. The Bertz CT molecular complexity index is 2010. The van der Waals surface area contributed by atoms with E-state index < -0.39 is 96.5 Å². The molecule has 0 aliphatic rings. The van der Waals surface area contributed by atoms with Crippen molar-refractivity contribution in [3.8, 4) is 0 Å². The first-order chi connectivity index (χ1) is 28.5. The third kappa shape index (κ3) is 16.2. The Labute approximate surface area is 346 Å². The Kier molecular flexibility index (Phi) is 18.6. The lowest BCUT2D eigenvalue weighted by Crippen LogP contribution is -2.55. The van der Waals surface area contributed by atoms with Gasteiger partial charge in [-0.25, -0.2) is 4.79 Å². The summed E-state index contributed by atoms with van der Waals surface area (Å²) in [4.78, 5) is 114. The molecule has 318 valence electrons. The second-order valence-corrected chi connectivity index (χ2v) is 13.9. The van der Waals surface area contributed by atoms with Gasteiger partial charge in [-0.15, -0.1) is 0 Å². The van der Waals surface area contributed by atoms with Crippen LogP contribution in [0.15, 0.2) is 103 Å². The van der Waals surface area contributed by atoms with Crippen LogP contribution in [-0.4, -0.2) is 95.6 Å². The predicted octanol–water partition coefficient (Wildman–Crippen LogP) is -0.697. The number of amides is 8. The summed E-state index contributed by atoms with van der Waals surface area (Å²) in [6.45, 7) is 3.63. The lowest BCUT2D eigenvalue weighted by atomic mass is 10.0. The number of rotatable bonds is 22. The van der Waals surface area contributed by atoms with Crippen LogP contribution in [0, 0.1) is 5.92 Å². The fourth-order valence-corrected chi connectivity index (χ4v) is 5.59. The summed E-state index contributed by atoms with van der Waals surface area (Å²) in [5, 5.41) is 26.6. The van der Waals surface area contributed by atoms with Crippen LogP contribution in [0.5, 0.6) is 0 Å². The van der Waals surface area contributed by atoms with E-state index in [0.717, 1.165) is 12.2 Å². The molecule has 10 N–H and O–H groups in total. The van der Waals surface area contributed by atoms with Gasteiger partial charge in [0, 0.05) is 25.0 Å². The first kappa shape index (κ1) is 47.0. The molecule has 18 nitrogen and oxygen atoms in total. The van der Waals surface area contributed by atoms with Crippen LogP contribution >= 0.6 is 0 Å². The van der Waals surface area contributed by atoms with Crippen molar-refractivity contribution in [1.82, 2.24) is 37.2 Å². The average molecular weight is 827 g/mol. The van der Waals surface area contributed by atoms with Gasteiger partial charge in [-0.3, -0.25) is 38.4 Å². The highest BCUT2D eigenvalue weighted by Gasteiger charge is 2.31. The van der Waals surface area contributed by atoms with Crippen molar-refractivity contribution < 1.29 is 48.3 Å². The lowest BCUT2D eigenvalue weighted by Gasteiger charge is -2.25. The molecule has 0 heterocycles. The van der Waals surface area contributed by atoms with Crippen LogP contribution < -0.4 is 43.0 Å². The molecule has 0 fully saturated rings. The van der Waals surface area contributed by atoms with E-state index >= 15 is 0 Å². The summed E-state index contributed by atoms with van der Waals surface area (Å²) < 4.78 is 0. The molecule has 0 unspecified atom stereocenters. The van der Waals surface area contributed by atoms with Gasteiger partial charge in [-0.1, -0.05) is 105 Å². The maximum absolute atomic E-state index is 13.8. The third-order valence-corrected chi connectivity index (χ3v) is 8.79. The molecule has 0 radical (unpaired) electrons. The summed E-state index contributed by atoms with van der Waals surface area (Å²) in [5.41, 5.74) is 7.10. The molecule has 0 saturated carbocycles. The van der Waals surface area contributed by atoms with Gasteiger partial charge >= 0.3 is 5.97 Å². The van der Waals surface area contributed by atoms with Gasteiger partial charge in [0.1, 0.15) is 30.2 Å². The van der Waals surface area contributed by atoms with E-state index in [9.17, 15) is 48.3 Å². The molecule has 60 heavy (non-hydrogen) atoms. The fourth-order valence-electron chi connectivity index (χ4n) is 5.59. The van der Waals surface area contributed by atoms with Crippen LogP contribution in [0.3, 0.4) is 0 Å². The Hall–Kier alpha value is -7.37. The zero-order chi connectivity index (χ0) is 44.2. The van der Waals surface area contributed by atoms with Crippen molar-refractivity contribution in [1.29, 1.82) is 0 Å². The maximum Gasteiger partial charge on any atom is 0.326 e. The molecule has 3 rings (SSSR count). The minimum absolute atomic E-state index is 0.0241. The predicted molar refractivity (Wildman–Crippen MR) is 218 cm³/mol. The number of primary amides is 1. The zero-order valence-corrected chi connectivity index (χ0v) is 33.3. The molecule has 3 aromatic rings. The Morgan fingerprint density at radius 3 is 1.62 bits per heavy atom. The van der Waals surface area contributed by atoms with E-state index in [1.165, 1.54) is 6.92 Å². The zero-order valence-electron chi connectivity index (χ0n) is 33.3. The Morgan fingerprint density at radius 2 is 1.08 bits per heavy atom. The van der Waals surface area contributed by atoms with Crippen molar-refractivity contribution in [3.63, 3.8) is 0 Å². The fraction of sp³-hybridized carbons (Fsp3) is 0.310. The number of hydrogen-bond acceptors (Lipinski definition) is 9. The van der Waals surface area contributed by atoms with Gasteiger partial charge in [0.05, 0.1) is 13.1 Å². The minimum atomic E-state index is -1.34. The molecule has 0 aliphatic carbocycles. The highest BCUT2D eigenvalue weighted by Crippen LogP contribution is 2.15. The quantitative estimate of drug-likeness (QED) is 0.0575. The van der Waals surface area contributed by atoms with Gasteiger partial charge in [0.25, 0.3) is 0 Å². The van der Waals surface area contributed by atoms with E-state index in [-0.39, 0.29) is 18.8 Å². The van der Waals surface area contributed by atoms with Crippen molar-refractivity contribution >= 4 is 53.2 Å². The molecule has 0 bridgehead atoms. The Morgan fingerprint density at radius 1 is 0.567 bits per heavy atom. The first-order valence-corrected chi connectivity index (χ1v) is 18.9. The number of nitrogens with two attached hydrogens (primary N) is 1. The highest BCUT2D eigenvalue weighted by molar-refractivity contribution is 6.00. The molecule has 0 saturated heterocycles. The topological polar surface area (TPSA) is 284 Å². The summed E-state index contributed by atoms with van der Waals surface area (Å²) in [7, 11) is 0. The van der Waals surface area contributed by atoms with Crippen LogP contribution in [0.25, 0.3) is 0 Å².